The number of rotatable bonds is 6. The molecule has 0 aliphatic carbocycles. The molecule has 2 aromatic carbocycles. The molecule has 0 bridgehead atoms. The maximum absolute atomic E-state index is 13.3. The molecule has 8 nitrogen and oxygen atoms in total. The summed E-state index contributed by atoms with van der Waals surface area (Å²) >= 11 is 0. The van der Waals surface area contributed by atoms with E-state index in [4.69, 9.17) is 14.2 Å². The van der Waals surface area contributed by atoms with Crippen molar-refractivity contribution in [3.63, 3.8) is 0 Å². The third-order valence-corrected chi connectivity index (χ3v) is 7.80. The van der Waals surface area contributed by atoms with E-state index in [0.29, 0.717) is 36.8 Å². The van der Waals surface area contributed by atoms with E-state index >= 15 is 0 Å². The van der Waals surface area contributed by atoms with Crippen molar-refractivity contribution in [2.75, 3.05) is 38.2 Å². The second kappa shape index (κ2) is 9.09. The van der Waals surface area contributed by atoms with Gasteiger partial charge in [-0.1, -0.05) is 19.1 Å². The molecule has 2 aliphatic heterocycles. The van der Waals surface area contributed by atoms with Crippen LogP contribution in [0.4, 0.5) is 5.69 Å². The Morgan fingerprint density at radius 2 is 1.94 bits per heavy atom. The first-order chi connectivity index (χ1) is 15.3. The Kier molecular flexibility index (Phi) is 6.41. The fourth-order valence-corrected chi connectivity index (χ4v) is 5.52. The van der Waals surface area contributed by atoms with Crippen molar-refractivity contribution in [1.82, 2.24) is 4.31 Å². The molecule has 1 fully saturated rings. The Labute approximate surface area is 188 Å². The van der Waals surface area contributed by atoms with Gasteiger partial charge in [0.25, 0.3) is 5.91 Å². The predicted molar refractivity (Wildman–Crippen MR) is 120 cm³/mol. The van der Waals surface area contributed by atoms with Gasteiger partial charge in [-0.3, -0.25) is 4.79 Å². The highest BCUT2D eigenvalue weighted by Crippen LogP contribution is 2.40. The van der Waals surface area contributed by atoms with Crippen LogP contribution in [-0.2, 0) is 14.8 Å². The molecule has 0 radical (unpaired) electrons. The van der Waals surface area contributed by atoms with Crippen LogP contribution >= 0.6 is 0 Å². The lowest BCUT2D eigenvalue weighted by atomic mass is 9.97. The minimum atomic E-state index is -3.81. The maximum atomic E-state index is 13.3. The Bertz CT molecular complexity index is 1110. The molecule has 2 heterocycles. The summed E-state index contributed by atoms with van der Waals surface area (Å²) in [7, 11) is -3.81. The number of anilines is 1. The lowest BCUT2D eigenvalue weighted by molar-refractivity contribution is 0.0729. The highest BCUT2D eigenvalue weighted by atomic mass is 32.2. The second-order valence-electron chi connectivity index (χ2n) is 7.90. The number of para-hydroxylation sites is 1. The van der Waals surface area contributed by atoms with Gasteiger partial charge in [0.05, 0.1) is 25.4 Å². The van der Waals surface area contributed by atoms with E-state index in [2.05, 4.69) is 12.2 Å². The summed E-state index contributed by atoms with van der Waals surface area (Å²) in [6, 6.07) is 10.2. The van der Waals surface area contributed by atoms with Crippen molar-refractivity contribution < 1.29 is 27.4 Å². The number of hydrogen-bond acceptors (Lipinski definition) is 6. The Morgan fingerprint density at radius 3 is 2.66 bits per heavy atom. The third-order valence-electron chi connectivity index (χ3n) is 5.88. The summed E-state index contributed by atoms with van der Waals surface area (Å²) in [5.41, 5.74) is 1.78. The van der Waals surface area contributed by atoms with Crippen molar-refractivity contribution in [2.24, 2.45) is 0 Å². The molecule has 172 valence electrons. The van der Waals surface area contributed by atoms with Crippen LogP contribution in [0.2, 0.25) is 0 Å². The number of nitrogens with one attached hydrogen (secondary N) is 1. The molecular weight excluding hydrogens is 432 g/mol. The summed E-state index contributed by atoms with van der Waals surface area (Å²) in [5.74, 6) is 0.663. The number of sulfonamides is 1. The zero-order valence-corrected chi connectivity index (χ0v) is 19.3. The van der Waals surface area contributed by atoms with Gasteiger partial charge in [0, 0.05) is 30.3 Å². The monoisotopic (exact) mass is 460 g/mol. The van der Waals surface area contributed by atoms with Crippen LogP contribution in [0, 0.1) is 0 Å². The maximum Gasteiger partial charge on any atom is 0.259 e. The second-order valence-corrected chi connectivity index (χ2v) is 9.81. The summed E-state index contributed by atoms with van der Waals surface area (Å²) in [6.45, 7) is 7.38. The number of fused-ring (bicyclic) bond motifs is 1. The minimum absolute atomic E-state index is 0.0188. The topological polar surface area (TPSA) is 94.2 Å². The largest absolute Gasteiger partial charge is 0.492 e. The summed E-state index contributed by atoms with van der Waals surface area (Å²) in [6.07, 6.45) is -0.0188. The molecule has 0 spiro atoms. The van der Waals surface area contributed by atoms with Gasteiger partial charge in [-0.2, -0.15) is 4.31 Å². The Balaban J connectivity index is 1.64. The van der Waals surface area contributed by atoms with Crippen LogP contribution in [0.1, 0.15) is 42.6 Å². The van der Waals surface area contributed by atoms with Crippen LogP contribution < -0.4 is 14.8 Å². The fraction of sp³-hybridized carbons (Fsp3) is 0.435. The van der Waals surface area contributed by atoms with Gasteiger partial charge in [0.1, 0.15) is 22.5 Å². The Morgan fingerprint density at radius 1 is 1.19 bits per heavy atom. The highest BCUT2D eigenvalue weighted by Gasteiger charge is 2.32. The summed E-state index contributed by atoms with van der Waals surface area (Å²) in [5, 5.41) is 2.82. The van der Waals surface area contributed by atoms with Crippen LogP contribution in [-0.4, -0.2) is 57.6 Å². The van der Waals surface area contributed by atoms with Gasteiger partial charge in [0.15, 0.2) is 0 Å². The molecule has 1 saturated heterocycles. The normalized spacial score (nSPS) is 21.0. The number of carbonyl (C=O) groups excluding carboxylic acids is 1. The molecular formula is C23H28N2O6S. The number of nitrogens with zero attached hydrogens (tertiary/aromatic N) is 1. The summed E-state index contributed by atoms with van der Waals surface area (Å²) < 4.78 is 44.7. The van der Waals surface area contributed by atoms with Gasteiger partial charge in [-0.05, 0) is 38.1 Å². The molecule has 2 aliphatic rings. The van der Waals surface area contributed by atoms with Crippen LogP contribution in [0.15, 0.2) is 41.3 Å². The number of morpholine rings is 1. The van der Waals surface area contributed by atoms with E-state index < -0.39 is 10.0 Å². The van der Waals surface area contributed by atoms with Crippen molar-refractivity contribution in [2.45, 2.75) is 37.7 Å². The molecule has 0 unspecified atom stereocenters. The molecule has 2 atom stereocenters. The molecule has 0 aromatic heterocycles. The minimum Gasteiger partial charge on any atom is -0.492 e. The van der Waals surface area contributed by atoms with E-state index in [1.807, 2.05) is 19.1 Å². The first-order valence-corrected chi connectivity index (χ1v) is 12.2. The number of carbonyl (C=O) groups is 1. The third kappa shape index (κ3) is 4.20. The number of benzene rings is 2. The molecule has 9 heteroatoms. The standard InChI is InChI=1S/C23H28N2O6S/c1-4-30-20-9-8-17(14-21(20)32(27,28)25-10-12-29-13-11-25)24-23(26)19-7-5-6-18-15(2)16(3)31-22(18)19/h5-9,14-16H,4,10-13H2,1-3H3,(H,24,26)/t15-,16-/m1/s1. The van der Waals surface area contributed by atoms with Gasteiger partial charge in [0.2, 0.25) is 10.0 Å². The molecule has 1 amide bonds. The first-order valence-electron chi connectivity index (χ1n) is 10.8. The first kappa shape index (κ1) is 22.6. The quantitative estimate of drug-likeness (QED) is 0.711. The lowest BCUT2D eigenvalue weighted by Gasteiger charge is -2.27. The van der Waals surface area contributed by atoms with Crippen molar-refractivity contribution in [1.29, 1.82) is 0 Å². The predicted octanol–water partition coefficient (Wildman–Crippen LogP) is 3.24. The van der Waals surface area contributed by atoms with Gasteiger partial charge in [-0.25, -0.2) is 8.42 Å². The van der Waals surface area contributed by atoms with E-state index in [0.717, 1.165) is 5.56 Å². The zero-order valence-electron chi connectivity index (χ0n) is 18.5. The van der Waals surface area contributed by atoms with Crippen molar-refractivity contribution in [3.05, 3.63) is 47.5 Å². The average Bonchev–Trinajstić information content (AvgIpc) is 3.09. The van der Waals surface area contributed by atoms with Crippen molar-refractivity contribution in [3.8, 4) is 11.5 Å². The fourth-order valence-electron chi connectivity index (χ4n) is 3.95. The number of amides is 1. The molecule has 0 saturated carbocycles. The highest BCUT2D eigenvalue weighted by molar-refractivity contribution is 7.89. The SMILES string of the molecule is CCOc1ccc(NC(=O)c2cccc3c2O[C@H](C)[C@H]3C)cc1S(=O)(=O)N1CCOCC1. The molecule has 32 heavy (non-hydrogen) atoms. The average molecular weight is 461 g/mol. The van der Waals surface area contributed by atoms with Crippen LogP contribution in [0.3, 0.4) is 0 Å². The lowest BCUT2D eigenvalue weighted by Crippen LogP contribution is -2.40. The van der Waals surface area contributed by atoms with Gasteiger partial charge < -0.3 is 19.5 Å². The molecule has 2 aromatic rings. The van der Waals surface area contributed by atoms with Crippen LogP contribution in [0.25, 0.3) is 0 Å². The van der Waals surface area contributed by atoms with E-state index in [1.165, 1.54) is 10.4 Å². The van der Waals surface area contributed by atoms with Gasteiger partial charge in [-0.15, -0.1) is 0 Å². The van der Waals surface area contributed by atoms with Gasteiger partial charge >= 0.3 is 0 Å². The van der Waals surface area contributed by atoms with E-state index in [1.54, 1.807) is 25.1 Å². The van der Waals surface area contributed by atoms with Crippen molar-refractivity contribution >= 4 is 21.6 Å². The summed E-state index contributed by atoms with van der Waals surface area (Å²) in [4.78, 5) is 13.1. The number of ether oxygens (including phenoxy) is 3. The smallest absolute Gasteiger partial charge is 0.259 e. The van der Waals surface area contributed by atoms with E-state index in [-0.39, 0.29) is 41.7 Å². The van der Waals surface area contributed by atoms with Crippen LogP contribution in [0.5, 0.6) is 11.5 Å². The number of hydrogen-bond donors (Lipinski definition) is 1. The van der Waals surface area contributed by atoms with E-state index in [9.17, 15) is 13.2 Å². The zero-order chi connectivity index (χ0) is 22.9. The molecule has 1 N–H and O–H groups in total. The molecule has 4 rings (SSSR count). The Hall–Kier alpha value is -2.62.